The maximum absolute atomic E-state index is 14.2. The number of benzene rings is 2. The number of nitrogens with one attached hydrogen (secondary N) is 1. The second-order valence-corrected chi connectivity index (χ2v) is 6.31. The zero-order valence-corrected chi connectivity index (χ0v) is 13.5. The number of hydrogen-bond donors (Lipinski definition) is 2. The highest BCUT2D eigenvalue weighted by molar-refractivity contribution is 5.93. The van der Waals surface area contributed by atoms with Crippen LogP contribution in [0.15, 0.2) is 42.5 Å². The molecule has 2 amide bonds. The number of amides is 2. The van der Waals surface area contributed by atoms with Gasteiger partial charge in [-0.1, -0.05) is 24.6 Å². The van der Waals surface area contributed by atoms with Crippen LogP contribution in [0.1, 0.15) is 40.7 Å². The fraction of sp³-hybridized carbons (Fsp3) is 0.263. The van der Waals surface area contributed by atoms with Crippen LogP contribution in [-0.2, 0) is 16.8 Å². The van der Waals surface area contributed by atoms with Gasteiger partial charge in [-0.2, -0.15) is 0 Å². The molecule has 25 heavy (non-hydrogen) atoms. The normalized spacial score (nSPS) is 15.3. The molecule has 0 aromatic heterocycles. The lowest BCUT2D eigenvalue weighted by Crippen LogP contribution is -2.49. The van der Waals surface area contributed by atoms with Gasteiger partial charge in [0.15, 0.2) is 0 Å². The van der Waals surface area contributed by atoms with E-state index in [9.17, 15) is 18.4 Å². The summed E-state index contributed by atoms with van der Waals surface area (Å²) >= 11 is 0. The molecule has 3 rings (SSSR count). The Morgan fingerprint density at radius 1 is 1.12 bits per heavy atom. The van der Waals surface area contributed by atoms with Crippen molar-refractivity contribution in [3.8, 4) is 0 Å². The second-order valence-electron chi connectivity index (χ2n) is 6.31. The van der Waals surface area contributed by atoms with E-state index in [2.05, 4.69) is 5.32 Å². The Bertz CT molecular complexity index is 832. The van der Waals surface area contributed by atoms with E-state index in [-0.39, 0.29) is 18.0 Å². The third-order valence-corrected chi connectivity index (χ3v) is 4.75. The van der Waals surface area contributed by atoms with Crippen molar-refractivity contribution in [2.24, 2.45) is 5.73 Å². The van der Waals surface area contributed by atoms with Crippen LogP contribution in [0.5, 0.6) is 0 Å². The number of carbonyl (C=O) groups excluding carboxylic acids is 2. The highest BCUT2D eigenvalue weighted by Gasteiger charge is 2.47. The first-order chi connectivity index (χ1) is 11.9. The van der Waals surface area contributed by atoms with Gasteiger partial charge in [-0.25, -0.2) is 8.78 Å². The maximum atomic E-state index is 14.2. The molecule has 0 bridgehead atoms. The molecule has 2 aromatic rings. The molecule has 0 radical (unpaired) electrons. The Labute approximate surface area is 144 Å². The first-order valence-electron chi connectivity index (χ1n) is 8.05. The summed E-state index contributed by atoms with van der Waals surface area (Å²) in [6, 6.07) is 9.96. The summed E-state index contributed by atoms with van der Waals surface area (Å²) in [6.45, 7) is 0.199. The topological polar surface area (TPSA) is 72.2 Å². The van der Waals surface area contributed by atoms with Crippen molar-refractivity contribution in [1.29, 1.82) is 0 Å². The highest BCUT2D eigenvalue weighted by atomic mass is 19.1. The molecule has 1 fully saturated rings. The molecular formula is C19H18F2N2O2. The highest BCUT2D eigenvalue weighted by Crippen LogP contribution is 2.45. The van der Waals surface area contributed by atoms with E-state index in [0.717, 1.165) is 18.1 Å². The van der Waals surface area contributed by atoms with Gasteiger partial charge in [0.25, 0.3) is 0 Å². The van der Waals surface area contributed by atoms with Crippen molar-refractivity contribution in [3.63, 3.8) is 0 Å². The Balaban J connectivity index is 1.77. The Kier molecular flexibility index (Phi) is 4.53. The lowest BCUT2D eigenvalue weighted by atomic mass is 9.63. The predicted molar refractivity (Wildman–Crippen MR) is 88.7 cm³/mol. The van der Waals surface area contributed by atoms with Crippen LogP contribution in [0, 0.1) is 11.6 Å². The number of hydrogen-bond acceptors (Lipinski definition) is 2. The minimum atomic E-state index is -0.959. The van der Waals surface area contributed by atoms with Crippen LogP contribution in [0.2, 0.25) is 0 Å². The number of halogens is 2. The molecule has 0 saturated heterocycles. The first-order valence-corrected chi connectivity index (χ1v) is 8.05. The fourth-order valence-corrected chi connectivity index (χ4v) is 3.21. The molecule has 6 heteroatoms. The molecule has 2 aromatic carbocycles. The minimum absolute atomic E-state index is 0.199. The van der Waals surface area contributed by atoms with Gasteiger partial charge in [0.1, 0.15) is 11.6 Å². The van der Waals surface area contributed by atoms with Crippen LogP contribution in [0.25, 0.3) is 0 Å². The molecule has 1 aliphatic rings. The van der Waals surface area contributed by atoms with Crippen LogP contribution >= 0.6 is 0 Å². The molecule has 0 unspecified atom stereocenters. The molecule has 130 valence electrons. The maximum Gasteiger partial charge on any atom is 0.248 e. The molecular weight excluding hydrogens is 326 g/mol. The van der Waals surface area contributed by atoms with Gasteiger partial charge < -0.3 is 11.1 Å². The summed E-state index contributed by atoms with van der Waals surface area (Å²) < 4.78 is 27.3. The second kappa shape index (κ2) is 6.63. The summed E-state index contributed by atoms with van der Waals surface area (Å²) in [6.07, 6.45) is 1.84. The predicted octanol–water partition coefficient (Wildman–Crippen LogP) is 2.80. The Morgan fingerprint density at radius 2 is 1.88 bits per heavy atom. The first kappa shape index (κ1) is 17.1. The molecule has 1 saturated carbocycles. The van der Waals surface area contributed by atoms with E-state index in [1.54, 1.807) is 24.3 Å². The van der Waals surface area contributed by atoms with Crippen LogP contribution < -0.4 is 11.1 Å². The van der Waals surface area contributed by atoms with Gasteiger partial charge in [0, 0.05) is 23.7 Å². The molecule has 4 nitrogen and oxygen atoms in total. The average molecular weight is 344 g/mol. The van der Waals surface area contributed by atoms with Crippen molar-refractivity contribution in [2.75, 3.05) is 0 Å². The lowest BCUT2D eigenvalue weighted by Gasteiger charge is -2.40. The SMILES string of the molecule is NC(=O)c1cccc(CNC(=O)C2(c3ccc(F)cc3F)CCC2)c1. The van der Waals surface area contributed by atoms with Gasteiger partial charge in [0.2, 0.25) is 11.8 Å². The Morgan fingerprint density at radius 3 is 2.48 bits per heavy atom. The lowest BCUT2D eigenvalue weighted by molar-refractivity contribution is -0.130. The monoisotopic (exact) mass is 344 g/mol. The average Bonchev–Trinajstić information content (AvgIpc) is 2.54. The number of carbonyl (C=O) groups is 2. The fourth-order valence-electron chi connectivity index (χ4n) is 3.21. The van der Waals surface area contributed by atoms with Crippen molar-refractivity contribution < 1.29 is 18.4 Å². The summed E-state index contributed by atoms with van der Waals surface area (Å²) in [4.78, 5) is 23.9. The van der Waals surface area contributed by atoms with Gasteiger partial charge in [0.05, 0.1) is 5.41 Å². The number of primary amides is 1. The van der Waals surface area contributed by atoms with E-state index in [4.69, 9.17) is 5.73 Å². The largest absolute Gasteiger partial charge is 0.366 e. The van der Waals surface area contributed by atoms with Gasteiger partial charge >= 0.3 is 0 Å². The van der Waals surface area contributed by atoms with E-state index >= 15 is 0 Å². The van der Waals surface area contributed by atoms with Crippen molar-refractivity contribution in [3.05, 3.63) is 70.8 Å². The van der Waals surface area contributed by atoms with Crippen molar-refractivity contribution in [1.82, 2.24) is 5.32 Å². The summed E-state index contributed by atoms with van der Waals surface area (Å²) in [7, 11) is 0. The van der Waals surface area contributed by atoms with Crippen molar-refractivity contribution >= 4 is 11.8 Å². The van der Waals surface area contributed by atoms with Crippen molar-refractivity contribution in [2.45, 2.75) is 31.2 Å². The minimum Gasteiger partial charge on any atom is -0.366 e. The van der Waals surface area contributed by atoms with Crippen LogP contribution in [0.4, 0.5) is 8.78 Å². The molecule has 0 aliphatic heterocycles. The van der Waals surface area contributed by atoms with E-state index in [1.807, 2.05) is 0 Å². The summed E-state index contributed by atoms with van der Waals surface area (Å²) in [5.74, 6) is -2.21. The van der Waals surface area contributed by atoms with E-state index in [0.29, 0.717) is 18.4 Å². The molecule has 0 heterocycles. The van der Waals surface area contributed by atoms with Gasteiger partial charge in [-0.15, -0.1) is 0 Å². The zero-order chi connectivity index (χ0) is 18.0. The quantitative estimate of drug-likeness (QED) is 0.875. The van der Waals surface area contributed by atoms with Gasteiger partial charge in [-0.3, -0.25) is 9.59 Å². The van der Waals surface area contributed by atoms with Crippen LogP contribution in [0.3, 0.4) is 0 Å². The summed E-state index contributed by atoms with van der Waals surface area (Å²) in [5, 5.41) is 2.80. The Hall–Kier alpha value is -2.76. The van der Waals surface area contributed by atoms with Crippen LogP contribution in [-0.4, -0.2) is 11.8 Å². The molecule has 0 spiro atoms. The van der Waals surface area contributed by atoms with E-state index in [1.165, 1.54) is 12.1 Å². The molecule has 3 N–H and O–H groups in total. The number of rotatable bonds is 5. The van der Waals surface area contributed by atoms with E-state index < -0.39 is 23.0 Å². The third-order valence-electron chi connectivity index (χ3n) is 4.75. The molecule has 1 aliphatic carbocycles. The zero-order valence-electron chi connectivity index (χ0n) is 13.5. The summed E-state index contributed by atoms with van der Waals surface area (Å²) in [5.41, 5.74) is 5.59. The smallest absolute Gasteiger partial charge is 0.248 e. The molecule has 0 atom stereocenters. The standard InChI is InChI=1S/C19H18F2N2O2/c20-14-5-6-15(16(21)10-14)19(7-2-8-19)18(25)23-11-12-3-1-4-13(9-12)17(22)24/h1,3-6,9-10H,2,7-8,11H2,(H2,22,24)(H,23,25). The third kappa shape index (κ3) is 3.24. The number of nitrogens with two attached hydrogens (primary N) is 1. The van der Waals surface area contributed by atoms with Gasteiger partial charge in [-0.05, 0) is 36.6 Å².